The molecule has 2 aromatic rings. The van der Waals surface area contributed by atoms with Gasteiger partial charge in [0.05, 0.1) is 0 Å². The topological polar surface area (TPSA) is 95.6 Å². The summed E-state index contributed by atoms with van der Waals surface area (Å²) < 4.78 is 1.30. The Kier molecular flexibility index (Phi) is 3.42. The molecule has 0 radical (unpaired) electrons. The van der Waals surface area contributed by atoms with E-state index in [0.29, 0.717) is 17.0 Å². The van der Waals surface area contributed by atoms with Gasteiger partial charge in [-0.2, -0.15) is 0 Å². The number of nitrogens with one attached hydrogen (secondary N) is 3. The zero-order valence-electron chi connectivity index (χ0n) is 10.3. The lowest BCUT2D eigenvalue weighted by molar-refractivity contribution is 0.809. The molecule has 0 amide bonds. The highest BCUT2D eigenvalue weighted by Crippen LogP contribution is 2.05. The molecule has 0 aromatic carbocycles. The molecule has 0 saturated carbocycles. The summed E-state index contributed by atoms with van der Waals surface area (Å²) >= 11 is 0. The van der Waals surface area contributed by atoms with Gasteiger partial charge >= 0.3 is 5.69 Å². The maximum atomic E-state index is 11.6. The first kappa shape index (κ1) is 12.3. The molecule has 0 fully saturated rings. The molecule has 0 unspecified atom stereocenters. The van der Waals surface area contributed by atoms with Gasteiger partial charge < -0.3 is 10.3 Å². The molecule has 0 saturated heterocycles. The molecule has 7 nitrogen and oxygen atoms in total. The van der Waals surface area contributed by atoms with E-state index in [-0.39, 0.29) is 0 Å². The fourth-order valence-corrected chi connectivity index (χ4v) is 1.62. The van der Waals surface area contributed by atoms with Gasteiger partial charge in [0, 0.05) is 7.05 Å². The van der Waals surface area contributed by atoms with Gasteiger partial charge in [0.1, 0.15) is 11.3 Å². The van der Waals surface area contributed by atoms with Gasteiger partial charge in [-0.3, -0.25) is 14.3 Å². The molecule has 7 heteroatoms. The van der Waals surface area contributed by atoms with Gasteiger partial charge in [-0.15, -0.1) is 0 Å². The predicted molar refractivity (Wildman–Crippen MR) is 69.5 cm³/mol. The van der Waals surface area contributed by atoms with Crippen molar-refractivity contribution >= 4 is 17.2 Å². The highest BCUT2D eigenvalue weighted by molar-refractivity contribution is 5.71. The molecule has 18 heavy (non-hydrogen) atoms. The molecular formula is C11H15N5O2. The minimum atomic E-state index is -0.468. The van der Waals surface area contributed by atoms with Crippen LogP contribution in [0.5, 0.6) is 0 Å². The van der Waals surface area contributed by atoms with Crippen LogP contribution in [0.4, 0.5) is 0 Å². The van der Waals surface area contributed by atoms with Crippen molar-refractivity contribution < 1.29 is 0 Å². The van der Waals surface area contributed by atoms with E-state index in [9.17, 15) is 9.59 Å². The summed E-state index contributed by atoms with van der Waals surface area (Å²) in [6.07, 6.45) is 4.60. The molecule has 0 aliphatic rings. The summed E-state index contributed by atoms with van der Waals surface area (Å²) in [4.78, 5) is 32.3. The number of aryl methyl sites for hydroxylation is 1. The zero-order valence-corrected chi connectivity index (χ0v) is 10.3. The number of hydrogen-bond acceptors (Lipinski definition) is 4. The molecule has 0 aliphatic heterocycles. The van der Waals surface area contributed by atoms with E-state index >= 15 is 0 Å². The van der Waals surface area contributed by atoms with E-state index in [0.717, 1.165) is 13.0 Å². The third-order valence-electron chi connectivity index (χ3n) is 2.61. The molecule has 0 aliphatic carbocycles. The van der Waals surface area contributed by atoms with E-state index in [2.05, 4.69) is 20.3 Å². The molecular weight excluding hydrogens is 234 g/mol. The first-order valence-electron chi connectivity index (χ1n) is 5.63. The highest BCUT2D eigenvalue weighted by Gasteiger charge is 2.08. The fraction of sp³-hybridized carbons (Fsp3) is 0.364. The molecule has 0 atom stereocenters. The van der Waals surface area contributed by atoms with Crippen LogP contribution < -0.4 is 16.6 Å². The molecule has 96 valence electrons. The first-order valence-corrected chi connectivity index (χ1v) is 5.63. The normalized spacial score (nSPS) is 11.7. The number of rotatable bonds is 4. The maximum Gasteiger partial charge on any atom is 0.329 e. The molecule has 2 aromatic heterocycles. The number of fused-ring (bicyclic) bond motifs is 1. The number of nitrogens with zero attached hydrogens (tertiary/aromatic N) is 2. The Labute approximate surface area is 103 Å². The van der Waals surface area contributed by atoms with Gasteiger partial charge in [-0.25, -0.2) is 9.78 Å². The van der Waals surface area contributed by atoms with Gasteiger partial charge in [0.15, 0.2) is 5.65 Å². The van der Waals surface area contributed by atoms with Crippen molar-refractivity contribution in [3.05, 3.63) is 32.7 Å². The van der Waals surface area contributed by atoms with Crippen molar-refractivity contribution in [3.8, 4) is 0 Å². The zero-order chi connectivity index (χ0) is 13.1. The van der Waals surface area contributed by atoms with Crippen molar-refractivity contribution in [2.75, 3.05) is 13.6 Å². The van der Waals surface area contributed by atoms with Crippen molar-refractivity contribution in [3.63, 3.8) is 0 Å². The van der Waals surface area contributed by atoms with E-state index in [4.69, 9.17) is 0 Å². The first-order chi connectivity index (χ1) is 8.63. The second-order valence-electron chi connectivity index (χ2n) is 3.93. The van der Waals surface area contributed by atoms with E-state index < -0.39 is 11.2 Å². The fourth-order valence-electron chi connectivity index (χ4n) is 1.62. The Morgan fingerprint density at radius 3 is 2.89 bits per heavy atom. The number of aromatic nitrogens is 4. The maximum absolute atomic E-state index is 11.6. The molecule has 2 rings (SSSR count). The van der Waals surface area contributed by atoms with Crippen LogP contribution >= 0.6 is 0 Å². The largest absolute Gasteiger partial charge is 0.333 e. The lowest BCUT2D eigenvalue weighted by Crippen LogP contribution is -2.28. The summed E-state index contributed by atoms with van der Waals surface area (Å²) in [7, 11) is 3.44. The second-order valence-corrected chi connectivity index (χ2v) is 3.93. The molecule has 2 heterocycles. The van der Waals surface area contributed by atoms with E-state index in [1.165, 1.54) is 4.57 Å². The highest BCUT2D eigenvalue weighted by atomic mass is 16.2. The quantitative estimate of drug-likeness (QED) is 0.641. The third-order valence-corrected chi connectivity index (χ3v) is 2.61. The Morgan fingerprint density at radius 2 is 2.17 bits per heavy atom. The van der Waals surface area contributed by atoms with Crippen LogP contribution in [0.3, 0.4) is 0 Å². The van der Waals surface area contributed by atoms with E-state index in [1.807, 2.05) is 13.1 Å². The second kappa shape index (κ2) is 5.01. The Bertz CT molecular complexity index is 692. The van der Waals surface area contributed by atoms with Crippen LogP contribution in [0.1, 0.15) is 12.2 Å². The Morgan fingerprint density at radius 1 is 1.39 bits per heavy atom. The summed E-state index contributed by atoms with van der Waals surface area (Å²) in [5, 5.41) is 3.02. The standard InChI is InChI=1S/C11H15N5O2/c1-12-6-4-3-5-7-13-8-9(14-7)16(2)11(18)15-10(8)17/h3,5,12H,4,6H2,1-2H3,(H,13,14)(H,15,17,18). The van der Waals surface area contributed by atoms with Crippen molar-refractivity contribution in [1.29, 1.82) is 0 Å². The van der Waals surface area contributed by atoms with Crippen LogP contribution in [0.2, 0.25) is 0 Å². The lowest BCUT2D eigenvalue weighted by Gasteiger charge is -1.94. The Balaban J connectivity index is 2.42. The summed E-state index contributed by atoms with van der Waals surface area (Å²) in [5.41, 5.74) is -0.248. The van der Waals surface area contributed by atoms with Crippen molar-refractivity contribution in [2.45, 2.75) is 6.42 Å². The van der Waals surface area contributed by atoms with Crippen LogP contribution in [0.15, 0.2) is 15.7 Å². The van der Waals surface area contributed by atoms with Gasteiger partial charge in [0.2, 0.25) is 0 Å². The lowest BCUT2D eigenvalue weighted by atomic mass is 10.3. The van der Waals surface area contributed by atoms with Crippen LogP contribution in [-0.2, 0) is 7.05 Å². The molecule has 0 bridgehead atoms. The SMILES string of the molecule is CNCCC=Cc1nc2c([nH]1)c(=O)[nH]c(=O)n2C. The van der Waals surface area contributed by atoms with Crippen LogP contribution in [0.25, 0.3) is 17.2 Å². The monoisotopic (exact) mass is 249 g/mol. The number of H-pyrrole nitrogens is 2. The number of aromatic amines is 2. The summed E-state index contributed by atoms with van der Waals surface area (Å²) in [6.45, 7) is 0.871. The molecule has 0 spiro atoms. The minimum absolute atomic E-state index is 0.311. The predicted octanol–water partition coefficient (Wildman–Crippen LogP) is -0.427. The van der Waals surface area contributed by atoms with Crippen LogP contribution in [0, 0.1) is 0 Å². The average Bonchev–Trinajstić information content (AvgIpc) is 2.77. The van der Waals surface area contributed by atoms with Gasteiger partial charge in [0.25, 0.3) is 5.56 Å². The van der Waals surface area contributed by atoms with Crippen LogP contribution in [-0.4, -0.2) is 33.1 Å². The van der Waals surface area contributed by atoms with Gasteiger partial charge in [-0.05, 0) is 26.1 Å². The number of imidazole rings is 1. The van der Waals surface area contributed by atoms with Crippen molar-refractivity contribution in [2.24, 2.45) is 7.05 Å². The minimum Gasteiger partial charge on any atom is -0.333 e. The summed E-state index contributed by atoms with van der Waals surface area (Å²) in [6, 6.07) is 0. The van der Waals surface area contributed by atoms with Gasteiger partial charge in [-0.1, -0.05) is 6.08 Å². The van der Waals surface area contributed by atoms with E-state index in [1.54, 1.807) is 13.1 Å². The Hall–Kier alpha value is -2.15. The third kappa shape index (κ3) is 2.25. The summed E-state index contributed by atoms with van der Waals surface area (Å²) in [5.74, 6) is 0.563. The van der Waals surface area contributed by atoms with Crippen molar-refractivity contribution in [1.82, 2.24) is 24.8 Å². The molecule has 3 N–H and O–H groups in total. The number of hydrogen-bond donors (Lipinski definition) is 3. The average molecular weight is 249 g/mol. The smallest absolute Gasteiger partial charge is 0.329 e.